The molecule has 0 fully saturated rings. The molecule has 23 heavy (non-hydrogen) atoms. The Hall–Kier alpha value is -2.89. The van der Waals surface area contributed by atoms with Gasteiger partial charge in [0.25, 0.3) is 5.56 Å². The van der Waals surface area contributed by atoms with Gasteiger partial charge in [-0.05, 0) is 24.5 Å². The molecule has 0 atom stereocenters. The van der Waals surface area contributed by atoms with Gasteiger partial charge in [0.05, 0.1) is 0 Å². The zero-order chi connectivity index (χ0) is 16.2. The van der Waals surface area contributed by atoms with Crippen molar-refractivity contribution in [2.75, 3.05) is 0 Å². The van der Waals surface area contributed by atoms with Crippen molar-refractivity contribution in [2.24, 2.45) is 0 Å². The highest BCUT2D eigenvalue weighted by Gasteiger charge is 2.21. The van der Waals surface area contributed by atoms with E-state index in [4.69, 9.17) is 9.47 Å². The maximum absolute atomic E-state index is 11.9. The maximum atomic E-state index is 11.9. The van der Waals surface area contributed by atoms with E-state index in [9.17, 15) is 14.4 Å². The second kappa shape index (κ2) is 6.48. The molecule has 1 heterocycles. The van der Waals surface area contributed by atoms with Crippen molar-refractivity contribution in [3.63, 3.8) is 0 Å². The number of nitrogens with one attached hydrogen (secondary N) is 1. The lowest BCUT2D eigenvalue weighted by atomic mass is 9.95. The first kappa shape index (κ1) is 15.0. The van der Waals surface area contributed by atoms with Gasteiger partial charge in [0.1, 0.15) is 6.61 Å². The third-order valence-corrected chi connectivity index (χ3v) is 3.61. The summed E-state index contributed by atoms with van der Waals surface area (Å²) in [6.45, 7) is 0.0431. The summed E-state index contributed by atoms with van der Waals surface area (Å²) in [7, 11) is 0. The lowest BCUT2D eigenvalue weighted by Crippen LogP contribution is -2.22. The van der Waals surface area contributed by atoms with Gasteiger partial charge in [0, 0.05) is 17.7 Å². The fraction of sp³-hybridized carbons (Fsp3) is 0.235. The second-order valence-electron chi connectivity index (χ2n) is 5.26. The first-order valence-electron chi connectivity index (χ1n) is 7.31. The fourth-order valence-corrected chi connectivity index (χ4v) is 2.47. The molecule has 1 N–H and O–H groups in total. The van der Waals surface area contributed by atoms with Gasteiger partial charge in [-0.2, -0.15) is 0 Å². The van der Waals surface area contributed by atoms with Crippen molar-refractivity contribution in [1.82, 2.24) is 4.98 Å². The molecule has 1 aliphatic carbocycles. The van der Waals surface area contributed by atoms with E-state index in [1.54, 1.807) is 12.1 Å². The molecule has 2 aromatic rings. The van der Waals surface area contributed by atoms with Gasteiger partial charge in [0.15, 0.2) is 11.5 Å². The Labute approximate surface area is 132 Å². The van der Waals surface area contributed by atoms with Gasteiger partial charge in [-0.25, -0.2) is 4.79 Å². The molecule has 1 aromatic carbocycles. The van der Waals surface area contributed by atoms with Crippen LogP contribution in [0.1, 0.15) is 34.5 Å². The van der Waals surface area contributed by atoms with Crippen molar-refractivity contribution in [3.05, 3.63) is 63.6 Å². The highest BCUT2D eigenvalue weighted by atomic mass is 16.7. The van der Waals surface area contributed by atoms with Gasteiger partial charge < -0.3 is 14.5 Å². The van der Waals surface area contributed by atoms with Gasteiger partial charge >= 0.3 is 6.16 Å². The van der Waals surface area contributed by atoms with Gasteiger partial charge in [-0.3, -0.25) is 9.59 Å². The summed E-state index contributed by atoms with van der Waals surface area (Å²) in [6, 6.07) is 10.4. The van der Waals surface area contributed by atoms with E-state index >= 15 is 0 Å². The van der Waals surface area contributed by atoms with Crippen molar-refractivity contribution < 1.29 is 19.1 Å². The van der Waals surface area contributed by atoms with Crippen molar-refractivity contribution in [3.8, 4) is 5.75 Å². The van der Waals surface area contributed by atoms with E-state index in [1.165, 1.54) is 6.07 Å². The summed E-state index contributed by atoms with van der Waals surface area (Å²) in [5.41, 5.74) is 1.26. The molecule has 0 saturated carbocycles. The summed E-state index contributed by atoms with van der Waals surface area (Å²) in [5, 5.41) is 0. The van der Waals surface area contributed by atoms with E-state index in [2.05, 4.69) is 4.98 Å². The van der Waals surface area contributed by atoms with Crippen LogP contribution in [0.4, 0.5) is 4.79 Å². The molecule has 0 saturated heterocycles. The van der Waals surface area contributed by atoms with E-state index in [1.807, 2.05) is 18.2 Å². The number of aromatic nitrogens is 1. The molecular formula is C17H15NO5. The molecule has 0 spiro atoms. The third kappa shape index (κ3) is 3.48. The van der Waals surface area contributed by atoms with Crippen LogP contribution in [0.15, 0.2) is 41.2 Å². The number of aryl methyl sites for hydroxylation is 1. The van der Waals surface area contributed by atoms with Crippen LogP contribution in [0.25, 0.3) is 0 Å². The summed E-state index contributed by atoms with van der Waals surface area (Å²) in [5.74, 6) is -0.290. The number of ether oxygens (including phenoxy) is 2. The summed E-state index contributed by atoms with van der Waals surface area (Å²) < 4.78 is 9.88. The lowest BCUT2D eigenvalue weighted by molar-refractivity contribution is 0.0912. The van der Waals surface area contributed by atoms with Crippen molar-refractivity contribution >= 4 is 11.9 Å². The number of aromatic amines is 1. The number of rotatable bonds is 3. The van der Waals surface area contributed by atoms with Crippen LogP contribution in [0.2, 0.25) is 0 Å². The maximum Gasteiger partial charge on any atom is 0.514 e. The number of carbonyl (C=O) groups is 2. The van der Waals surface area contributed by atoms with E-state index in [0.717, 1.165) is 5.56 Å². The number of Topliss-reactive ketones (excluding diaryl/α,β-unsaturated/α-hetero) is 1. The first-order valence-corrected chi connectivity index (χ1v) is 7.31. The van der Waals surface area contributed by atoms with Gasteiger partial charge in [-0.15, -0.1) is 0 Å². The second-order valence-corrected chi connectivity index (χ2v) is 5.26. The Morgan fingerprint density at radius 2 is 1.91 bits per heavy atom. The average molecular weight is 313 g/mol. The molecule has 0 bridgehead atoms. The predicted octanol–water partition coefficient (Wildman–Crippen LogP) is 2.61. The Kier molecular flexibility index (Phi) is 4.23. The Morgan fingerprint density at radius 3 is 2.70 bits per heavy atom. The van der Waals surface area contributed by atoms with Gasteiger partial charge in [0.2, 0.25) is 0 Å². The molecule has 6 nitrogen and oxygen atoms in total. The van der Waals surface area contributed by atoms with Crippen LogP contribution in [0, 0.1) is 0 Å². The first-order chi connectivity index (χ1) is 11.1. The Bertz CT molecular complexity index is 794. The van der Waals surface area contributed by atoms with E-state index in [-0.39, 0.29) is 18.1 Å². The highest BCUT2D eigenvalue weighted by molar-refractivity contribution is 5.98. The number of fused-ring (bicyclic) bond motifs is 1. The molecule has 3 rings (SSSR count). The predicted molar refractivity (Wildman–Crippen MR) is 81.6 cm³/mol. The van der Waals surface area contributed by atoms with Gasteiger partial charge in [-0.1, -0.05) is 30.3 Å². The van der Waals surface area contributed by atoms with Crippen LogP contribution in [-0.2, 0) is 17.8 Å². The minimum atomic E-state index is -0.984. The number of benzene rings is 1. The van der Waals surface area contributed by atoms with Crippen LogP contribution in [-0.4, -0.2) is 16.9 Å². The highest BCUT2D eigenvalue weighted by Crippen LogP contribution is 2.21. The number of hydrogen-bond acceptors (Lipinski definition) is 5. The minimum Gasteiger partial charge on any atom is -0.429 e. The molecule has 0 unspecified atom stereocenters. The topological polar surface area (TPSA) is 85.5 Å². The smallest absolute Gasteiger partial charge is 0.429 e. The average Bonchev–Trinajstić information content (AvgIpc) is 2.55. The normalized spacial score (nSPS) is 13.3. The zero-order valence-electron chi connectivity index (χ0n) is 12.3. The summed E-state index contributed by atoms with van der Waals surface area (Å²) >= 11 is 0. The van der Waals surface area contributed by atoms with Crippen LogP contribution in [0.3, 0.4) is 0 Å². The lowest BCUT2D eigenvalue weighted by Gasteiger charge is -2.14. The van der Waals surface area contributed by atoms with Crippen LogP contribution >= 0.6 is 0 Å². The Balaban J connectivity index is 1.70. The van der Waals surface area contributed by atoms with E-state index < -0.39 is 11.7 Å². The SMILES string of the molecule is O=C(OCc1ccccc1)Oc1cc2c([nH]c1=O)CCCC2=O. The quantitative estimate of drug-likeness (QED) is 0.880. The molecule has 118 valence electrons. The molecule has 0 radical (unpaired) electrons. The standard InChI is InChI=1S/C17H15NO5/c19-14-8-4-7-13-12(14)9-15(16(20)18-13)23-17(21)22-10-11-5-2-1-3-6-11/h1-3,5-6,9H,4,7-8,10H2,(H,18,20). The third-order valence-electron chi connectivity index (χ3n) is 3.61. The van der Waals surface area contributed by atoms with Crippen molar-refractivity contribution in [2.45, 2.75) is 25.9 Å². The van der Waals surface area contributed by atoms with Crippen LogP contribution < -0.4 is 10.3 Å². The fourth-order valence-electron chi connectivity index (χ4n) is 2.47. The molecular weight excluding hydrogens is 298 g/mol. The monoisotopic (exact) mass is 313 g/mol. The zero-order valence-corrected chi connectivity index (χ0v) is 12.3. The number of carbonyl (C=O) groups excluding carboxylic acids is 2. The molecule has 1 aliphatic rings. The number of H-pyrrole nitrogens is 1. The largest absolute Gasteiger partial charge is 0.514 e. The Morgan fingerprint density at radius 1 is 1.13 bits per heavy atom. The minimum absolute atomic E-state index is 0.0431. The van der Waals surface area contributed by atoms with Crippen molar-refractivity contribution in [1.29, 1.82) is 0 Å². The van der Waals surface area contributed by atoms with E-state index in [0.29, 0.717) is 30.5 Å². The molecule has 0 amide bonds. The molecule has 0 aliphatic heterocycles. The van der Waals surface area contributed by atoms with Crippen LogP contribution in [0.5, 0.6) is 5.75 Å². The molecule has 1 aromatic heterocycles. The molecule has 6 heteroatoms. The summed E-state index contributed by atoms with van der Waals surface area (Å²) in [6.07, 6.45) is 0.787. The number of ketones is 1. The number of hydrogen-bond donors (Lipinski definition) is 1. The number of pyridine rings is 1. The summed E-state index contributed by atoms with van der Waals surface area (Å²) in [4.78, 5) is 38.1.